The van der Waals surface area contributed by atoms with Crippen molar-refractivity contribution >= 4 is 27.5 Å². The second-order valence-corrected chi connectivity index (χ2v) is 6.85. The van der Waals surface area contributed by atoms with Crippen LogP contribution in [0.4, 0.5) is 0 Å². The fourth-order valence-corrected chi connectivity index (χ4v) is 4.22. The highest BCUT2D eigenvalue weighted by Gasteiger charge is 2.23. The molecule has 0 bridgehead atoms. The minimum absolute atomic E-state index is 0.0564. The summed E-state index contributed by atoms with van der Waals surface area (Å²) in [7, 11) is 0. The Labute approximate surface area is 126 Å². The molecule has 2 aromatic heterocycles. The molecule has 6 heteroatoms. The Hall–Kier alpha value is -1.69. The van der Waals surface area contributed by atoms with Crippen molar-refractivity contribution < 1.29 is 9.90 Å². The summed E-state index contributed by atoms with van der Waals surface area (Å²) in [4.78, 5) is 30.4. The molecule has 1 aliphatic rings. The van der Waals surface area contributed by atoms with Crippen LogP contribution in [-0.4, -0.2) is 20.6 Å². The molecule has 0 saturated heterocycles. The lowest BCUT2D eigenvalue weighted by atomic mass is 10.1. The molecular weight excluding hydrogens is 288 g/mol. The molecule has 0 aromatic carbocycles. The molecule has 1 aliphatic carbocycles. The Bertz CT molecular complexity index is 773. The zero-order valence-corrected chi connectivity index (χ0v) is 13.0. The van der Waals surface area contributed by atoms with Crippen molar-refractivity contribution in [2.24, 2.45) is 0 Å². The first-order valence-electron chi connectivity index (χ1n) is 7.25. The summed E-state index contributed by atoms with van der Waals surface area (Å²) in [5, 5.41) is 9.61. The van der Waals surface area contributed by atoms with Crippen molar-refractivity contribution in [3.8, 4) is 0 Å². The van der Waals surface area contributed by atoms with Gasteiger partial charge in [-0.05, 0) is 24.8 Å². The van der Waals surface area contributed by atoms with Gasteiger partial charge in [0.05, 0.1) is 11.8 Å². The third-order valence-corrected chi connectivity index (χ3v) is 5.11. The summed E-state index contributed by atoms with van der Waals surface area (Å²) in [5.74, 6) is -0.117. The van der Waals surface area contributed by atoms with Crippen LogP contribution in [0.15, 0.2) is 4.79 Å². The number of hydrogen-bond acceptors (Lipinski definition) is 4. The Balaban J connectivity index is 2.22. The van der Waals surface area contributed by atoms with Gasteiger partial charge in [0.25, 0.3) is 5.56 Å². The van der Waals surface area contributed by atoms with E-state index in [2.05, 4.69) is 4.98 Å². The fourth-order valence-electron chi connectivity index (χ4n) is 2.96. The van der Waals surface area contributed by atoms with Crippen LogP contribution in [0, 0.1) is 0 Å². The summed E-state index contributed by atoms with van der Waals surface area (Å²) in [6.45, 7) is 4.15. The van der Waals surface area contributed by atoms with Gasteiger partial charge in [0.2, 0.25) is 0 Å². The van der Waals surface area contributed by atoms with E-state index in [1.807, 2.05) is 13.8 Å². The number of carboxylic acid groups (broad SMARTS) is 1. The monoisotopic (exact) mass is 306 g/mol. The number of nitrogens with zero attached hydrogens (tertiary/aromatic N) is 2. The number of aromatic nitrogens is 2. The maximum absolute atomic E-state index is 12.8. The summed E-state index contributed by atoms with van der Waals surface area (Å²) in [5.41, 5.74) is 1.08. The maximum Gasteiger partial charge on any atom is 0.305 e. The second kappa shape index (κ2) is 5.26. The van der Waals surface area contributed by atoms with Crippen molar-refractivity contribution in [1.82, 2.24) is 9.55 Å². The van der Waals surface area contributed by atoms with E-state index in [-0.39, 0.29) is 24.4 Å². The molecular formula is C15H18N2O3S. The van der Waals surface area contributed by atoms with Gasteiger partial charge in [-0.25, -0.2) is 4.98 Å². The van der Waals surface area contributed by atoms with E-state index in [4.69, 9.17) is 5.11 Å². The molecule has 0 amide bonds. The van der Waals surface area contributed by atoms with Gasteiger partial charge in [0.1, 0.15) is 10.7 Å². The normalized spacial score (nSPS) is 14.0. The molecule has 0 radical (unpaired) electrons. The molecule has 2 heterocycles. The van der Waals surface area contributed by atoms with Crippen molar-refractivity contribution in [1.29, 1.82) is 0 Å². The first-order chi connectivity index (χ1) is 9.99. The quantitative estimate of drug-likeness (QED) is 0.942. The highest BCUT2D eigenvalue weighted by molar-refractivity contribution is 7.18. The zero-order valence-electron chi connectivity index (χ0n) is 12.2. The lowest BCUT2D eigenvalue weighted by molar-refractivity contribution is -0.137. The number of hydrogen-bond donors (Lipinski definition) is 1. The van der Waals surface area contributed by atoms with Crippen LogP contribution < -0.4 is 5.56 Å². The van der Waals surface area contributed by atoms with Gasteiger partial charge in [-0.2, -0.15) is 0 Å². The second-order valence-electron chi connectivity index (χ2n) is 5.76. The van der Waals surface area contributed by atoms with Gasteiger partial charge in [-0.3, -0.25) is 14.2 Å². The van der Waals surface area contributed by atoms with Crippen molar-refractivity contribution in [3.63, 3.8) is 0 Å². The zero-order chi connectivity index (χ0) is 15.1. The molecule has 0 aliphatic heterocycles. The van der Waals surface area contributed by atoms with Crippen LogP contribution in [-0.2, 0) is 24.2 Å². The molecule has 21 heavy (non-hydrogen) atoms. The van der Waals surface area contributed by atoms with Gasteiger partial charge in [-0.15, -0.1) is 11.3 Å². The van der Waals surface area contributed by atoms with E-state index in [1.54, 1.807) is 15.9 Å². The minimum atomic E-state index is -0.896. The molecule has 0 spiro atoms. The lowest BCUT2D eigenvalue weighted by Gasteiger charge is -2.14. The largest absolute Gasteiger partial charge is 0.481 e. The third kappa shape index (κ3) is 2.37. The number of carboxylic acids is 1. The average Bonchev–Trinajstić information content (AvgIpc) is 2.96. The van der Waals surface area contributed by atoms with Gasteiger partial charge in [-0.1, -0.05) is 13.8 Å². The van der Waals surface area contributed by atoms with E-state index >= 15 is 0 Å². The van der Waals surface area contributed by atoms with Crippen LogP contribution in [0.2, 0.25) is 0 Å². The van der Waals surface area contributed by atoms with E-state index in [0.29, 0.717) is 5.82 Å². The summed E-state index contributed by atoms with van der Waals surface area (Å²) >= 11 is 1.62. The summed E-state index contributed by atoms with van der Waals surface area (Å²) in [6, 6.07) is 0. The van der Waals surface area contributed by atoms with E-state index in [1.165, 1.54) is 4.88 Å². The smallest absolute Gasteiger partial charge is 0.305 e. The topological polar surface area (TPSA) is 72.2 Å². The summed E-state index contributed by atoms with van der Waals surface area (Å²) < 4.78 is 1.56. The fraction of sp³-hybridized carbons (Fsp3) is 0.533. The molecule has 0 saturated carbocycles. The van der Waals surface area contributed by atoms with E-state index in [9.17, 15) is 9.59 Å². The Morgan fingerprint density at radius 1 is 1.43 bits per heavy atom. The molecule has 112 valence electrons. The number of fused-ring (bicyclic) bond motifs is 3. The first-order valence-corrected chi connectivity index (χ1v) is 8.07. The summed E-state index contributed by atoms with van der Waals surface area (Å²) in [6.07, 6.45) is 3.00. The highest BCUT2D eigenvalue weighted by atomic mass is 32.1. The number of aliphatic carboxylic acids is 1. The highest BCUT2D eigenvalue weighted by Crippen LogP contribution is 2.35. The minimum Gasteiger partial charge on any atom is -0.481 e. The van der Waals surface area contributed by atoms with Gasteiger partial charge >= 0.3 is 5.97 Å². The Kier molecular flexibility index (Phi) is 3.57. The standard InChI is InChI=1S/C15H18N2O3S/c1-8(2)13-16-14-12(9-4-3-5-10(9)21-14)15(20)17(13)7-6-11(18)19/h8H,3-7H2,1-2H3,(H,18,19). The molecule has 3 rings (SSSR count). The van der Waals surface area contributed by atoms with Crippen LogP contribution in [0.1, 0.15) is 48.9 Å². The number of rotatable bonds is 4. The SMILES string of the molecule is CC(C)c1nc2sc3c(c2c(=O)n1CCC(=O)O)CCC3. The predicted molar refractivity (Wildman–Crippen MR) is 82.2 cm³/mol. The van der Waals surface area contributed by atoms with Crippen molar-refractivity contribution in [3.05, 3.63) is 26.6 Å². The molecule has 0 unspecified atom stereocenters. The molecule has 2 aromatic rings. The van der Waals surface area contributed by atoms with Crippen LogP contribution in [0.5, 0.6) is 0 Å². The maximum atomic E-state index is 12.8. The molecule has 5 nitrogen and oxygen atoms in total. The molecule has 0 fully saturated rings. The van der Waals surface area contributed by atoms with Crippen LogP contribution in [0.25, 0.3) is 10.2 Å². The number of aryl methyl sites for hydroxylation is 2. The van der Waals surface area contributed by atoms with E-state index in [0.717, 1.165) is 35.0 Å². The molecule has 0 atom stereocenters. The van der Waals surface area contributed by atoms with Crippen LogP contribution >= 0.6 is 11.3 Å². The molecule has 1 N–H and O–H groups in total. The predicted octanol–water partition coefficient (Wildman–Crippen LogP) is 2.54. The third-order valence-electron chi connectivity index (χ3n) is 3.92. The van der Waals surface area contributed by atoms with Crippen molar-refractivity contribution in [2.75, 3.05) is 0 Å². The number of carbonyl (C=O) groups is 1. The van der Waals surface area contributed by atoms with Crippen LogP contribution in [0.3, 0.4) is 0 Å². The first kappa shape index (κ1) is 14.3. The number of thiophene rings is 1. The Morgan fingerprint density at radius 2 is 2.19 bits per heavy atom. The van der Waals surface area contributed by atoms with Gasteiger partial charge in [0.15, 0.2) is 0 Å². The van der Waals surface area contributed by atoms with Crippen molar-refractivity contribution in [2.45, 2.75) is 52.0 Å². The lowest BCUT2D eigenvalue weighted by Crippen LogP contribution is -2.27. The Morgan fingerprint density at radius 3 is 2.86 bits per heavy atom. The van der Waals surface area contributed by atoms with E-state index < -0.39 is 5.97 Å². The van der Waals surface area contributed by atoms with Gasteiger partial charge < -0.3 is 5.11 Å². The average molecular weight is 306 g/mol. The van der Waals surface area contributed by atoms with Gasteiger partial charge in [0, 0.05) is 17.3 Å².